The van der Waals surface area contributed by atoms with E-state index in [1.54, 1.807) is 34.2 Å². The average Bonchev–Trinajstić information content (AvgIpc) is 3.69. The third-order valence-electron chi connectivity index (χ3n) is 7.06. The molecule has 3 N–H and O–H groups in total. The van der Waals surface area contributed by atoms with Gasteiger partial charge in [0, 0.05) is 44.9 Å². The molecule has 5 aromatic rings. The fourth-order valence-electron chi connectivity index (χ4n) is 4.74. The van der Waals surface area contributed by atoms with Crippen LogP contribution in [0.1, 0.15) is 13.8 Å². The van der Waals surface area contributed by atoms with Crippen LogP contribution in [0.3, 0.4) is 0 Å². The number of piperazine rings is 1. The maximum Gasteiger partial charge on any atom is 0.347 e. The molecule has 4 aromatic heterocycles. The summed E-state index contributed by atoms with van der Waals surface area (Å²) in [5.41, 5.74) is 5.77. The highest BCUT2D eigenvalue weighted by Gasteiger charge is 2.31. The Morgan fingerprint density at radius 3 is 2.61 bits per heavy atom. The second kappa shape index (κ2) is 9.99. The number of nitrogen functional groups attached to an aromatic ring is 1. The predicted octanol–water partition coefficient (Wildman–Crippen LogP) is 2.66. The van der Waals surface area contributed by atoms with Crippen molar-refractivity contribution in [3.8, 4) is 17.3 Å². The maximum atomic E-state index is 14.7. The molecular weight excluding hydrogens is 540 g/mol. The molecule has 1 saturated heterocycles. The third-order valence-corrected chi connectivity index (χ3v) is 7.06. The highest BCUT2D eigenvalue weighted by Crippen LogP contribution is 2.31. The van der Waals surface area contributed by atoms with Gasteiger partial charge in [-0.3, -0.25) is 4.90 Å². The van der Waals surface area contributed by atoms with E-state index >= 15 is 0 Å². The summed E-state index contributed by atoms with van der Waals surface area (Å²) in [5.74, 6) is -2.19. The minimum absolute atomic E-state index is 0.159. The summed E-state index contributed by atoms with van der Waals surface area (Å²) in [6.45, 7) is 5.96. The summed E-state index contributed by atoms with van der Waals surface area (Å²) in [4.78, 5) is 24.5. The van der Waals surface area contributed by atoms with Crippen LogP contribution in [0.15, 0.2) is 41.1 Å². The molecule has 1 fully saturated rings. The number of carboxylic acid groups (broad SMARTS) is 1. The number of hydrogen-bond donors (Lipinski definition) is 2. The first-order valence-corrected chi connectivity index (χ1v) is 12.9. The average molecular weight is 568 g/mol. The molecule has 13 nitrogen and oxygen atoms in total. The molecule has 0 saturated carbocycles. The largest absolute Gasteiger partial charge is 0.478 e. The van der Waals surface area contributed by atoms with E-state index in [1.165, 1.54) is 24.4 Å². The summed E-state index contributed by atoms with van der Waals surface area (Å²) in [5, 5.41) is 18.9. The van der Waals surface area contributed by atoms with Crippen molar-refractivity contribution in [1.29, 1.82) is 0 Å². The van der Waals surface area contributed by atoms with Crippen LogP contribution in [0, 0.1) is 11.6 Å². The van der Waals surface area contributed by atoms with Gasteiger partial charge in [0.1, 0.15) is 5.82 Å². The van der Waals surface area contributed by atoms with E-state index in [0.717, 1.165) is 6.07 Å². The SMILES string of the molecule is CC(C)(Oc1cc(N2CCN(CCn3ncc4c3nc(N)n3nc(-c5ccco5)nc43)CC2)c(F)cc1F)C(=O)O. The molecular formula is C26H27F2N9O4. The molecule has 1 aromatic carbocycles. The van der Waals surface area contributed by atoms with Crippen molar-refractivity contribution in [3.63, 3.8) is 0 Å². The molecule has 1 aliphatic rings. The minimum atomic E-state index is -1.67. The Kier molecular flexibility index (Phi) is 6.44. The lowest BCUT2D eigenvalue weighted by molar-refractivity contribution is -0.152. The number of fused-ring (bicyclic) bond motifs is 3. The number of carbonyl (C=O) groups is 1. The number of aliphatic carboxylic acids is 1. The number of hydrogen-bond acceptors (Lipinski definition) is 10. The van der Waals surface area contributed by atoms with Crippen molar-refractivity contribution in [2.75, 3.05) is 43.4 Å². The van der Waals surface area contributed by atoms with Gasteiger partial charge in [-0.2, -0.15) is 14.6 Å². The quantitative estimate of drug-likeness (QED) is 0.285. The van der Waals surface area contributed by atoms with Crippen molar-refractivity contribution < 1.29 is 27.8 Å². The zero-order valence-electron chi connectivity index (χ0n) is 22.3. The Morgan fingerprint density at radius 2 is 1.90 bits per heavy atom. The molecule has 6 rings (SSSR count). The van der Waals surface area contributed by atoms with Gasteiger partial charge < -0.3 is 24.9 Å². The second-order valence-corrected chi connectivity index (χ2v) is 10.2. The molecule has 15 heteroatoms. The molecule has 0 atom stereocenters. The van der Waals surface area contributed by atoms with Crippen LogP contribution >= 0.6 is 0 Å². The van der Waals surface area contributed by atoms with Crippen LogP contribution in [0.5, 0.6) is 5.75 Å². The summed E-state index contributed by atoms with van der Waals surface area (Å²) in [6.07, 6.45) is 3.22. The first kappa shape index (κ1) is 26.4. The van der Waals surface area contributed by atoms with Gasteiger partial charge in [-0.25, -0.2) is 23.2 Å². The number of anilines is 2. The summed E-state index contributed by atoms with van der Waals surface area (Å²) in [7, 11) is 0. The van der Waals surface area contributed by atoms with Gasteiger partial charge in [-0.15, -0.1) is 5.10 Å². The number of rotatable bonds is 8. The third kappa shape index (κ3) is 4.88. The topological polar surface area (TPSA) is 153 Å². The number of carboxylic acids is 1. The van der Waals surface area contributed by atoms with E-state index < -0.39 is 23.2 Å². The van der Waals surface area contributed by atoms with Gasteiger partial charge in [0.25, 0.3) is 0 Å². The Labute approximate surface area is 231 Å². The Balaban J connectivity index is 1.13. The number of furan rings is 1. The molecule has 1 aliphatic heterocycles. The van der Waals surface area contributed by atoms with E-state index in [0.29, 0.717) is 67.5 Å². The normalized spacial score (nSPS) is 14.8. The molecule has 0 unspecified atom stereocenters. The summed E-state index contributed by atoms with van der Waals surface area (Å²) in [6, 6.07) is 5.46. The van der Waals surface area contributed by atoms with Gasteiger partial charge in [0.2, 0.25) is 11.8 Å². The van der Waals surface area contributed by atoms with Gasteiger partial charge in [-0.05, 0) is 26.0 Å². The second-order valence-electron chi connectivity index (χ2n) is 10.2. The number of benzene rings is 1. The molecule has 0 radical (unpaired) electrons. The zero-order chi connectivity index (χ0) is 28.9. The number of nitrogens with two attached hydrogens (primary N) is 1. The first-order valence-electron chi connectivity index (χ1n) is 12.9. The van der Waals surface area contributed by atoms with Crippen LogP contribution in [-0.2, 0) is 11.3 Å². The molecule has 0 spiro atoms. The van der Waals surface area contributed by atoms with Crippen molar-refractivity contribution in [2.24, 2.45) is 0 Å². The molecule has 0 amide bonds. The highest BCUT2D eigenvalue weighted by molar-refractivity contribution is 5.90. The monoisotopic (exact) mass is 567 g/mol. The highest BCUT2D eigenvalue weighted by atomic mass is 19.1. The first-order chi connectivity index (χ1) is 19.6. The van der Waals surface area contributed by atoms with Crippen LogP contribution < -0.4 is 15.4 Å². The standard InChI is InChI=1S/C26H27F2N9O4/c1-26(2,24(38)39)41-20-13-18(16(27)12-17(20)28)35-8-5-34(6-9-35)7-10-36-22-15(14-30-36)23-31-21(19-4-3-11-40-19)33-37(23)25(29)32-22/h3-4,11-14H,5-10H2,1-2H3,(H2,29,32)(H,38,39). The van der Waals surface area contributed by atoms with E-state index in [-0.39, 0.29) is 17.4 Å². The fraction of sp³-hybridized carbons (Fsp3) is 0.346. The van der Waals surface area contributed by atoms with Crippen LogP contribution in [0.25, 0.3) is 28.3 Å². The molecule has 0 bridgehead atoms. The van der Waals surface area contributed by atoms with Gasteiger partial charge in [-0.1, -0.05) is 0 Å². The van der Waals surface area contributed by atoms with E-state index in [4.69, 9.17) is 14.9 Å². The smallest absolute Gasteiger partial charge is 0.347 e. The lowest BCUT2D eigenvalue weighted by Crippen LogP contribution is -2.47. The number of ether oxygens (including phenoxy) is 1. The van der Waals surface area contributed by atoms with Crippen molar-refractivity contribution in [3.05, 3.63) is 48.4 Å². The van der Waals surface area contributed by atoms with Crippen molar-refractivity contribution in [1.82, 2.24) is 34.3 Å². The van der Waals surface area contributed by atoms with Crippen LogP contribution in [-0.4, -0.2) is 83.7 Å². The van der Waals surface area contributed by atoms with Crippen LogP contribution in [0.4, 0.5) is 20.4 Å². The Bertz CT molecular complexity index is 1740. The molecule has 5 heterocycles. The molecule has 214 valence electrons. The maximum absolute atomic E-state index is 14.7. The number of nitrogens with zero attached hydrogens (tertiary/aromatic N) is 8. The fourth-order valence-corrected chi connectivity index (χ4v) is 4.74. The van der Waals surface area contributed by atoms with Crippen molar-refractivity contribution >= 4 is 34.3 Å². The van der Waals surface area contributed by atoms with E-state index in [2.05, 4.69) is 25.1 Å². The number of halogens is 2. The minimum Gasteiger partial charge on any atom is -0.478 e. The lowest BCUT2D eigenvalue weighted by Gasteiger charge is -2.36. The predicted molar refractivity (Wildman–Crippen MR) is 144 cm³/mol. The van der Waals surface area contributed by atoms with Crippen LogP contribution in [0.2, 0.25) is 0 Å². The van der Waals surface area contributed by atoms with Gasteiger partial charge in [0.15, 0.2) is 34.2 Å². The van der Waals surface area contributed by atoms with E-state index in [9.17, 15) is 18.7 Å². The Hall–Kier alpha value is -4.79. The van der Waals surface area contributed by atoms with Gasteiger partial charge in [0.05, 0.1) is 30.1 Å². The molecule has 41 heavy (non-hydrogen) atoms. The lowest BCUT2D eigenvalue weighted by atomic mass is 10.1. The van der Waals surface area contributed by atoms with Gasteiger partial charge >= 0.3 is 5.97 Å². The Morgan fingerprint density at radius 1 is 1.12 bits per heavy atom. The molecule has 0 aliphatic carbocycles. The zero-order valence-corrected chi connectivity index (χ0v) is 22.3. The summed E-state index contributed by atoms with van der Waals surface area (Å²) < 4.78 is 43.0. The summed E-state index contributed by atoms with van der Waals surface area (Å²) >= 11 is 0. The van der Waals surface area contributed by atoms with Crippen molar-refractivity contribution in [2.45, 2.75) is 26.0 Å². The van der Waals surface area contributed by atoms with E-state index in [1.807, 2.05) is 0 Å². The number of aromatic nitrogens is 6.